The quantitative estimate of drug-likeness (QED) is 0.352. The van der Waals surface area contributed by atoms with Gasteiger partial charge in [-0.05, 0) is 6.92 Å². The van der Waals surface area contributed by atoms with Crippen LogP contribution in [0.15, 0.2) is 0 Å². The first kappa shape index (κ1) is 7.11. The summed E-state index contributed by atoms with van der Waals surface area (Å²) in [6.07, 6.45) is 0. The van der Waals surface area contributed by atoms with Crippen LogP contribution in [0.4, 0.5) is 0 Å². The molecule has 0 aliphatic heterocycles. The van der Waals surface area contributed by atoms with Crippen LogP contribution in [0.1, 0.15) is 6.92 Å². The summed E-state index contributed by atoms with van der Waals surface area (Å²) in [5.41, 5.74) is 1.65. The Morgan fingerprint density at radius 3 is 2.29 bits per heavy atom. The largest absolute Gasteiger partial charge is 0.345 e. The normalized spacial score (nSPS) is 18.7. The monoisotopic (exact) mass is 125 g/mol. The summed E-state index contributed by atoms with van der Waals surface area (Å²) in [5.74, 6) is -0.690. The lowest BCUT2D eigenvalue weighted by Crippen LogP contribution is -2.16. The molecule has 0 radical (unpaired) electrons. The second kappa shape index (κ2) is 3.16. The zero-order valence-corrected chi connectivity index (χ0v) is 4.88. The molecule has 0 aliphatic carbocycles. The van der Waals surface area contributed by atoms with Gasteiger partial charge in [-0.2, -0.15) is 5.48 Å². The minimum atomic E-state index is -2.57. The number of hydrogen-bond acceptors (Lipinski definition) is 3. The lowest BCUT2D eigenvalue weighted by atomic mass is 10.8. The van der Waals surface area contributed by atoms with Crippen molar-refractivity contribution >= 4 is 8.03 Å². The molecule has 0 saturated heterocycles. The van der Waals surface area contributed by atoms with Crippen LogP contribution in [0.25, 0.3) is 0 Å². The fourth-order valence-corrected chi connectivity index (χ4v) is 0.166. The van der Waals surface area contributed by atoms with Crippen LogP contribution in [-0.2, 0) is 4.57 Å². The van der Waals surface area contributed by atoms with Gasteiger partial charge >= 0.3 is 0 Å². The average molecular weight is 125 g/mol. The molecule has 0 aliphatic rings. The van der Waals surface area contributed by atoms with E-state index in [2.05, 4.69) is 0 Å². The number of nitrogens with one attached hydrogen (secondary N) is 1. The van der Waals surface area contributed by atoms with Gasteiger partial charge in [0.15, 0.2) is 0 Å². The third kappa shape index (κ3) is 2.76. The van der Waals surface area contributed by atoms with Gasteiger partial charge in [-0.3, -0.25) is 4.57 Å². The Kier molecular flexibility index (Phi) is 3.21. The first-order chi connectivity index (χ1) is 3.18. The van der Waals surface area contributed by atoms with Crippen molar-refractivity contribution in [2.45, 2.75) is 12.7 Å². The maximum Gasteiger partial charge on any atom is 0.207 e. The Morgan fingerprint density at radius 2 is 2.29 bits per heavy atom. The number of rotatable bonds is 2. The van der Waals surface area contributed by atoms with Crippen molar-refractivity contribution in [2.24, 2.45) is 0 Å². The van der Waals surface area contributed by atoms with E-state index >= 15 is 0 Å². The van der Waals surface area contributed by atoms with Gasteiger partial charge in [-0.15, -0.1) is 0 Å². The van der Waals surface area contributed by atoms with E-state index in [0.29, 0.717) is 0 Å². The molecule has 5 heteroatoms. The predicted molar refractivity (Wildman–Crippen MR) is 25.6 cm³/mol. The molecular formula is C2H8NO3P. The van der Waals surface area contributed by atoms with E-state index in [4.69, 9.17) is 10.1 Å². The van der Waals surface area contributed by atoms with Crippen molar-refractivity contribution in [1.82, 2.24) is 5.48 Å². The van der Waals surface area contributed by atoms with Crippen LogP contribution in [-0.4, -0.2) is 15.9 Å². The molecule has 44 valence electrons. The van der Waals surface area contributed by atoms with E-state index in [0.717, 1.165) is 0 Å². The predicted octanol–water partition coefficient (Wildman–Crippen LogP) is -0.222. The first-order valence-corrected chi connectivity index (χ1v) is 3.24. The fraction of sp³-hybridized carbons (Fsp3) is 1.00. The van der Waals surface area contributed by atoms with Crippen molar-refractivity contribution in [2.75, 3.05) is 0 Å². The standard InChI is InChI=1S/C2H8NO3P/c1-2(3-4)7(5)6/h2-4,7H,1H3,(H,5,6). The van der Waals surface area contributed by atoms with Crippen LogP contribution in [0, 0.1) is 0 Å². The molecule has 0 aromatic rings. The molecule has 2 unspecified atom stereocenters. The summed E-state index contributed by atoms with van der Waals surface area (Å²) < 4.78 is 9.89. The summed E-state index contributed by atoms with van der Waals surface area (Å²) in [7, 11) is -2.57. The summed E-state index contributed by atoms with van der Waals surface area (Å²) >= 11 is 0. The zero-order valence-electron chi connectivity index (χ0n) is 3.88. The second-order valence-electron chi connectivity index (χ2n) is 1.19. The van der Waals surface area contributed by atoms with Crippen molar-refractivity contribution in [3.05, 3.63) is 0 Å². The van der Waals surface area contributed by atoms with Gasteiger partial charge in [0.05, 0.1) is 0 Å². The molecule has 0 bridgehead atoms. The zero-order chi connectivity index (χ0) is 5.86. The summed E-state index contributed by atoms with van der Waals surface area (Å²) in [5, 5.41) is 7.92. The summed E-state index contributed by atoms with van der Waals surface area (Å²) in [4.78, 5) is 8.14. The summed E-state index contributed by atoms with van der Waals surface area (Å²) in [6, 6.07) is 0. The molecule has 0 fully saturated rings. The van der Waals surface area contributed by atoms with Crippen LogP contribution in [0.5, 0.6) is 0 Å². The van der Waals surface area contributed by atoms with E-state index < -0.39 is 13.8 Å². The lowest BCUT2D eigenvalue weighted by molar-refractivity contribution is 0.156. The molecule has 0 saturated carbocycles. The first-order valence-electron chi connectivity index (χ1n) is 1.81. The summed E-state index contributed by atoms with van der Waals surface area (Å²) in [6.45, 7) is 1.42. The van der Waals surface area contributed by atoms with E-state index in [-0.39, 0.29) is 0 Å². The number of hydroxylamine groups is 1. The highest BCUT2D eigenvalue weighted by molar-refractivity contribution is 7.38. The molecule has 0 aromatic carbocycles. The molecule has 0 spiro atoms. The third-order valence-corrected chi connectivity index (χ3v) is 1.43. The topological polar surface area (TPSA) is 69.6 Å². The molecule has 2 atom stereocenters. The Morgan fingerprint density at radius 1 is 1.86 bits per heavy atom. The average Bonchev–Trinajstić information content (AvgIpc) is 1.65. The Balaban J connectivity index is 3.34. The highest BCUT2D eigenvalue weighted by atomic mass is 31.1. The van der Waals surface area contributed by atoms with Gasteiger partial charge in [0, 0.05) is 0 Å². The maximum atomic E-state index is 9.89. The maximum absolute atomic E-state index is 9.89. The van der Waals surface area contributed by atoms with Gasteiger partial charge in [0.1, 0.15) is 5.78 Å². The lowest BCUT2D eigenvalue weighted by Gasteiger charge is -2.00. The van der Waals surface area contributed by atoms with E-state index in [1.807, 2.05) is 0 Å². The van der Waals surface area contributed by atoms with Crippen molar-refractivity contribution in [1.29, 1.82) is 0 Å². The smallest absolute Gasteiger partial charge is 0.207 e. The SMILES string of the molecule is CC(NO)[PH](=O)O. The Labute approximate surface area is 42.0 Å². The molecule has 0 rings (SSSR count). The van der Waals surface area contributed by atoms with Gasteiger partial charge in [-0.1, -0.05) is 0 Å². The highest BCUT2D eigenvalue weighted by Gasteiger charge is 2.01. The minimum Gasteiger partial charge on any atom is -0.345 e. The third-order valence-electron chi connectivity index (χ3n) is 0.564. The van der Waals surface area contributed by atoms with Gasteiger partial charge < -0.3 is 10.1 Å². The van der Waals surface area contributed by atoms with Gasteiger partial charge in [0.2, 0.25) is 8.03 Å². The van der Waals surface area contributed by atoms with Crippen LogP contribution in [0.2, 0.25) is 0 Å². The Hall–Kier alpha value is 0.110. The van der Waals surface area contributed by atoms with Crippen molar-refractivity contribution in [3.8, 4) is 0 Å². The van der Waals surface area contributed by atoms with Crippen LogP contribution < -0.4 is 5.48 Å². The fourth-order valence-electron chi connectivity index (χ4n) is 0.0552. The molecule has 4 nitrogen and oxygen atoms in total. The second-order valence-corrected chi connectivity index (χ2v) is 2.73. The molecule has 0 aromatic heterocycles. The molecule has 0 heterocycles. The van der Waals surface area contributed by atoms with Gasteiger partial charge in [-0.25, -0.2) is 0 Å². The molecule has 3 N–H and O–H groups in total. The minimum absolute atomic E-state index is 0.690. The van der Waals surface area contributed by atoms with Crippen LogP contribution in [0.3, 0.4) is 0 Å². The van der Waals surface area contributed by atoms with E-state index in [1.165, 1.54) is 6.92 Å². The number of hydrogen-bond donors (Lipinski definition) is 3. The van der Waals surface area contributed by atoms with E-state index in [9.17, 15) is 4.57 Å². The molecular weight excluding hydrogens is 117 g/mol. The molecule has 0 amide bonds. The highest BCUT2D eigenvalue weighted by Crippen LogP contribution is 2.17. The van der Waals surface area contributed by atoms with Crippen molar-refractivity contribution < 1.29 is 14.7 Å². The van der Waals surface area contributed by atoms with Crippen LogP contribution >= 0.6 is 8.03 Å². The molecule has 7 heavy (non-hydrogen) atoms. The van der Waals surface area contributed by atoms with Crippen molar-refractivity contribution in [3.63, 3.8) is 0 Å². The van der Waals surface area contributed by atoms with Gasteiger partial charge in [0.25, 0.3) is 0 Å². The van der Waals surface area contributed by atoms with E-state index in [1.54, 1.807) is 5.48 Å². The Bertz CT molecular complexity index is 75.3.